The molecule has 0 N–H and O–H groups in total. The number of hydrogen-bond donors (Lipinski definition) is 0. The number of hydrogen-bond acceptors (Lipinski definition) is 0. The lowest BCUT2D eigenvalue weighted by molar-refractivity contribution is -0.703. The molecule has 1 heterocycles. The minimum absolute atomic E-state index is 0. The van der Waals surface area contributed by atoms with E-state index in [4.69, 9.17) is 0 Å². The van der Waals surface area contributed by atoms with Gasteiger partial charge in [-0.05, 0) is 12.0 Å². The largest absolute Gasteiger partial charge is 1.00 e. The Hall–Kier alpha value is -1.15. The molecule has 0 fully saturated rings. The van der Waals surface area contributed by atoms with E-state index in [0.29, 0.717) is 0 Å². The van der Waals surface area contributed by atoms with Gasteiger partial charge in [0, 0.05) is 25.5 Å². The predicted octanol–water partition coefficient (Wildman–Crippen LogP) is -0.0807. The van der Waals surface area contributed by atoms with Crippen molar-refractivity contribution in [2.45, 2.75) is 26.3 Å². The summed E-state index contributed by atoms with van der Waals surface area (Å²) < 4.78 is 2.31. The fraction of sp³-hybridized carbons (Fsp3) is 0.267. The lowest BCUT2D eigenvalue weighted by Gasteiger charge is -2.01. The highest BCUT2D eigenvalue weighted by Crippen LogP contribution is 2.02. The highest BCUT2D eigenvalue weighted by atomic mass is 79.9. The van der Waals surface area contributed by atoms with Crippen LogP contribution < -0.4 is 21.5 Å². The van der Waals surface area contributed by atoms with Crippen molar-refractivity contribution < 1.29 is 21.5 Å². The fourth-order valence-corrected chi connectivity index (χ4v) is 1.91. The summed E-state index contributed by atoms with van der Waals surface area (Å²) in [6.45, 7) is 3.25. The number of benzene rings is 1. The molecule has 0 unspecified atom stereocenters. The molecule has 0 aliphatic carbocycles. The fourth-order valence-electron chi connectivity index (χ4n) is 1.91. The summed E-state index contributed by atoms with van der Waals surface area (Å²) in [5, 5.41) is 0. The SMILES string of the molecule is Cc1cccc[n+]1CCCc1ccccc1.[Br-]. The van der Waals surface area contributed by atoms with Crippen molar-refractivity contribution in [3.05, 3.63) is 66.0 Å². The van der Waals surface area contributed by atoms with Gasteiger partial charge in [0.25, 0.3) is 0 Å². The van der Waals surface area contributed by atoms with Crippen LogP contribution in [0.3, 0.4) is 0 Å². The number of halogens is 1. The lowest BCUT2D eigenvalue weighted by atomic mass is 10.1. The summed E-state index contributed by atoms with van der Waals surface area (Å²) in [7, 11) is 0. The lowest BCUT2D eigenvalue weighted by Crippen LogP contribution is -3.00. The van der Waals surface area contributed by atoms with Crippen LogP contribution in [0.5, 0.6) is 0 Å². The third kappa shape index (κ3) is 4.31. The minimum Gasteiger partial charge on any atom is -1.00 e. The summed E-state index contributed by atoms with van der Waals surface area (Å²) >= 11 is 0. The summed E-state index contributed by atoms with van der Waals surface area (Å²) in [5.74, 6) is 0. The van der Waals surface area contributed by atoms with E-state index in [0.717, 1.165) is 13.0 Å². The van der Waals surface area contributed by atoms with E-state index < -0.39 is 0 Å². The zero-order valence-electron chi connectivity index (χ0n) is 10.1. The second kappa shape index (κ2) is 7.23. The molecule has 2 aromatic rings. The zero-order chi connectivity index (χ0) is 11.2. The van der Waals surface area contributed by atoms with Crippen LogP contribution in [0.2, 0.25) is 0 Å². The Morgan fingerprint density at radius 2 is 1.65 bits per heavy atom. The summed E-state index contributed by atoms with van der Waals surface area (Å²) in [6, 6.07) is 17.0. The van der Waals surface area contributed by atoms with Gasteiger partial charge in [-0.25, -0.2) is 4.57 Å². The molecule has 1 aromatic carbocycles. The van der Waals surface area contributed by atoms with E-state index in [2.05, 4.69) is 66.2 Å². The molecule has 0 bridgehead atoms. The van der Waals surface area contributed by atoms with Crippen molar-refractivity contribution in [1.29, 1.82) is 0 Å². The maximum atomic E-state index is 2.31. The summed E-state index contributed by atoms with van der Waals surface area (Å²) in [6.07, 6.45) is 4.50. The maximum absolute atomic E-state index is 2.31. The number of aryl methyl sites for hydroxylation is 3. The third-order valence-electron chi connectivity index (χ3n) is 2.87. The average Bonchev–Trinajstić information content (AvgIpc) is 2.33. The predicted molar refractivity (Wildman–Crippen MR) is 66.1 cm³/mol. The Bertz CT molecular complexity index is 440. The monoisotopic (exact) mass is 291 g/mol. The molecular weight excluding hydrogens is 274 g/mol. The highest BCUT2D eigenvalue weighted by Gasteiger charge is 2.03. The van der Waals surface area contributed by atoms with Crippen LogP contribution in [-0.2, 0) is 13.0 Å². The van der Waals surface area contributed by atoms with Gasteiger partial charge in [-0.2, -0.15) is 0 Å². The van der Waals surface area contributed by atoms with Crippen LogP contribution in [0.15, 0.2) is 54.7 Å². The number of rotatable bonds is 4. The molecule has 1 nitrogen and oxygen atoms in total. The Balaban J connectivity index is 0.00000144. The van der Waals surface area contributed by atoms with Crippen molar-refractivity contribution in [2.24, 2.45) is 0 Å². The minimum atomic E-state index is 0. The first-order valence-electron chi connectivity index (χ1n) is 5.85. The highest BCUT2D eigenvalue weighted by molar-refractivity contribution is 5.14. The van der Waals surface area contributed by atoms with Gasteiger partial charge in [0.1, 0.15) is 6.54 Å². The molecule has 0 spiro atoms. The molecule has 0 atom stereocenters. The number of nitrogens with zero attached hydrogens (tertiary/aromatic N) is 1. The molecule has 0 aliphatic heterocycles. The molecule has 17 heavy (non-hydrogen) atoms. The number of aromatic nitrogens is 1. The first-order valence-corrected chi connectivity index (χ1v) is 5.85. The molecule has 2 rings (SSSR count). The molecule has 0 aliphatic rings. The second-order valence-corrected chi connectivity index (χ2v) is 4.12. The van der Waals surface area contributed by atoms with E-state index in [1.54, 1.807) is 0 Å². The zero-order valence-corrected chi connectivity index (χ0v) is 11.7. The molecule has 2 heteroatoms. The molecule has 0 saturated carbocycles. The van der Waals surface area contributed by atoms with E-state index in [1.807, 2.05) is 0 Å². The molecule has 0 amide bonds. The number of pyridine rings is 1. The van der Waals surface area contributed by atoms with Gasteiger partial charge in [-0.1, -0.05) is 36.4 Å². The van der Waals surface area contributed by atoms with Gasteiger partial charge in [-0.3, -0.25) is 0 Å². The van der Waals surface area contributed by atoms with Crippen molar-refractivity contribution in [3.8, 4) is 0 Å². The first kappa shape index (κ1) is 13.9. The van der Waals surface area contributed by atoms with Crippen LogP contribution in [0.1, 0.15) is 17.7 Å². The smallest absolute Gasteiger partial charge is 0.178 e. The Labute approximate surface area is 114 Å². The summed E-state index contributed by atoms with van der Waals surface area (Å²) in [5.41, 5.74) is 2.76. The van der Waals surface area contributed by atoms with Gasteiger partial charge in [-0.15, -0.1) is 0 Å². The van der Waals surface area contributed by atoms with Crippen LogP contribution in [-0.4, -0.2) is 0 Å². The van der Waals surface area contributed by atoms with E-state index in [1.165, 1.54) is 17.7 Å². The summed E-state index contributed by atoms with van der Waals surface area (Å²) in [4.78, 5) is 0. The van der Waals surface area contributed by atoms with Gasteiger partial charge >= 0.3 is 0 Å². The average molecular weight is 292 g/mol. The molecular formula is C15H18BrN. The molecule has 0 saturated heterocycles. The van der Waals surface area contributed by atoms with E-state index in [-0.39, 0.29) is 17.0 Å². The van der Waals surface area contributed by atoms with Crippen LogP contribution in [0.4, 0.5) is 0 Å². The van der Waals surface area contributed by atoms with Crippen molar-refractivity contribution in [3.63, 3.8) is 0 Å². The van der Waals surface area contributed by atoms with E-state index >= 15 is 0 Å². The Morgan fingerprint density at radius 3 is 2.35 bits per heavy atom. The van der Waals surface area contributed by atoms with Crippen molar-refractivity contribution >= 4 is 0 Å². The van der Waals surface area contributed by atoms with E-state index in [9.17, 15) is 0 Å². The van der Waals surface area contributed by atoms with Crippen LogP contribution in [0.25, 0.3) is 0 Å². The molecule has 0 radical (unpaired) electrons. The van der Waals surface area contributed by atoms with Gasteiger partial charge in [0.05, 0.1) is 0 Å². The van der Waals surface area contributed by atoms with Gasteiger partial charge in [0.2, 0.25) is 0 Å². The van der Waals surface area contributed by atoms with Crippen molar-refractivity contribution in [1.82, 2.24) is 0 Å². The molecule has 90 valence electrons. The second-order valence-electron chi connectivity index (χ2n) is 4.12. The van der Waals surface area contributed by atoms with Gasteiger partial charge < -0.3 is 17.0 Å². The Morgan fingerprint density at radius 1 is 0.941 bits per heavy atom. The first-order chi connectivity index (χ1) is 7.86. The normalized spacial score (nSPS) is 9.71. The topological polar surface area (TPSA) is 3.88 Å². The van der Waals surface area contributed by atoms with Crippen LogP contribution >= 0.6 is 0 Å². The quantitative estimate of drug-likeness (QED) is 0.694. The van der Waals surface area contributed by atoms with Crippen molar-refractivity contribution in [2.75, 3.05) is 0 Å². The third-order valence-corrected chi connectivity index (χ3v) is 2.87. The standard InChI is InChI=1S/C15H18N.BrH/c1-14-8-5-6-12-16(14)13-7-11-15-9-3-2-4-10-15;/h2-6,8-10,12H,7,11,13H2,1H3;1H/q+1;/p-1. The Kier molecular flexibility index (Phi) is 5.92. The van der Waals surface area contributed by atoms with Gasteiger partial charge in [0.15, 0.2) is 11.9 Å². The molecule has 1 aromatic heterocycles. The maximum Gasteiger partial charge on any atom is 0.178 e. The van der Waals surface area contributed by atoms with Crippen LogP contribution in [0, 0.1) is 6.92 Å².